The first-order valence-corrected chi connectivity index (χ1v) is 8.78. The van der Waals surface area contributed by atoms with E-state index in [1.165, 1.54) is 21.3 Å². The van der Waals surface area contributed by atoms with Crippen LogP contribution in [0, 0.1) is 0 Å². The monoisotopic (exact) mass is 398 g/mol. The molecule has 1 heterocycles. The number of carbonyl (C=O) groups is 1. The Morgan fingerprint density at radius 3 is 2.07 bits per heavy atom. The molecule has 152 valence electrons. The van der Waals surface area contributed by atoms with Crippen LogP contribution in [0.15, 0.2) is 41.2 Å². The second-order valence-electron chi connectivity index (χ2n) is 6.20. The summed E-state index contributed by atoms with van der Waals surface area (Å²) >= 11 is 0. The largest absolute Gasteiger partial charge is 0.497 e. The van der Waals surface area contributed by atoms with Crippen molar-refractivity contribution >= 4 is 16.8 Å². The summed E-state index contributed by atoms with van der Waals surface area (Å²) in [6.07, 6.45) is 0. The number of nitrogens with one attached hydrogen (secondary N) is 2. The van der Waals surface area contributed by atoms with Crippen LogP contribution in [0.2, 0.25) is 0 Å². The maximum atomic E-state index is 12.5. The lowest BCUT2D eigenvalue weighted by Crippen LogP contribution is -2.26. The molecule has 2 aromatic carbocycles. The van der Waals surface area contributed by atoms with Crippen molar-refractivity contribution in [1.82, 2.24) is 10.3 Å². The first-order chi connectivity index (χ1) is 14.0. The van der Waals surface area contributed by atoms with Crippen LogP contribution in [-0.4, -0.2) is 39.3 Å². The number of carbonyl (C=O) groups excluding carboxylic acids is 1. The lowest BCUT2D eigenvalue weighted by molar-refractivity contribution is 0.0950. The third-order valence-electron chi connectivity index (χ3n) is 4.48. The normalized spacial score (nSPS) is 10.5. The maximum Gasteiger partial charge on any atom is 0.253 e. The van der Waals surface area contributed by atoms with Crippen LogP contribution in [0.3, 0.4) is 0 Å². The number of rotatable bonds is 7. The van der Waals surface area contributed by atoms with Gasteiger partial charge in [0.15, 0.2) is 11.5 Å². The molecule has 0 saturated heterocycles. The Labute approximate surface area is 167 Å². The molecule has 2 N–H and O–H groups in total. The molecule has 0 bridgehead atoms. The summed E-state index contributed by atoms with van der Waals surface area (Å²) < 4.78 is 20.9. The third-order valence-corrected chi connectivity index (χ3v) is 4.48. The Kier molecular flexibility index (Phi) is 5.92. The van der Waals surface area contributed by atoms with Crippen molar-refractivity contribution < 1.29 is 23.7 Å². The maximum absolute atomic E-state index is 12.5. The van der Waals surface area contributed by atoms with E-state index in [1.54, 1.807) is 43.5 Å². The molecule has 29 heavy (non-hydrogen) atoms. The van der Waals surface area contributed by atoms with E-state index in [-0.39, 0.29) is 18.0 Å². The van der Waals surface area contributed by atoms with Gasteiger partial charge in [-0.15, -0.1) is 0 Å². The van der Waals surface area contributed by atoms with E-state index >= 15 is 0 Å². The number of aromatic nitrogens is 1. The first kappa shape index (κ1) is 20.1. The molecule has 1 amide bonds. The summed E-state index contributed by atoms with van der Waals surface area (Å²) in [5.74, 6) is 1.71. The summed E-state index contributed by atoms with van der Waals surface area (Å²) in [6, 6.07) is 10.0. The standard InChI is InChI=1S/C21H22N2O6/c1-26-15-6-13(7-16(9-15)27-2)20(24)22-11-14-5-12-8-18(28-3)19(29-4)10-17(12)23-21(14)25/h5-10H,11H2,1-4H3,(H,22,24)(H,23,25). The van der Waals surface area contributed by atoms with Gasteiger partial charge in [0.2, 0.25) is 0 Å². The van der Waals surface area contributed by atoms with Gasteiger partial charge in [0.1, 0.15) is 11.5 Å². The lowest BCUT2D eigenvalue weighted by Gasteiger charge is -2.11. The molecular weight excluding hydrogens is 376 g/mol. The molecule has 0 unspecified atom stereocenters. The van der Waals surface area contributed by atoms with E-state index in [9.17, 15) is 9.59 Å². The molecule has 0 aliphatic rings. The Morgan fingerprint density at radius 1 is 0.862 bits per heavy atom. The fourth-order valence-electron chi connectivity index (χ4n) is 2.93. The molecule has 8 nitrogen and oxygen atoms in total. The lowest BCUT2D eigenvalue weighted by atomic mass is 10.1. The zero-order chi connectivity index (χ0) is 21.0. The summed E-state index contributed by atoms with van der Waals surface area (Å²) in [7, 11) is 6.08. The van der Waals surface area contributed by atoms with Crippen molar-refractivity contribution in [3.8, 4) is 23.0 Å². The van der Waals surface area contributed by atoms with Crippen molar-refractivity contribution in [2.75, 3.05) is 28.4 Å². The molecule has 0 aliphatic heterocycles. The molecule has 3 rings (SSSR count). The van der Waals surface area contributed by atoms with Gasteiger partial charge in [-0.3, -0.25) is 9.59 Å². The molecular formula is C21H22N2O6. The number of aromatic amines is 1. The average molecular weight is 398 g/mol. The van der Waals surface area contributed by atoms with Gasteiger partial charge >= 0.3 is 0 Å². The van der Waals surface area contributed by atoms with E-state index < -0.39 is 0 Å². The number of methoxy groups -OCH3 is 4. The van der Waals surface area contributed by atoms with Crippen LogP contribution >= 0.6 is 0 Å². The van der Waals surface area contributed by atoms with Crippen LogP contribution < -0.4 is 29.8 Å². The Hall–Kier alpha value is -3.68. The summed E-state index contributed by atoms with van der Waals surface area (Å²) in [4.78, 5) is 27.8. The fourth-order valence-corrected chi connectivity index (χ4v) is 2.93. The Bertz CT molecular complexity index is 1080. The van der Waals surface area contributed by atoms with Gasteiger partial charge in [0.05, 0.1) is 34.0 Å². The molecule has 0 radical (unpaired) electrons. The predicted molar refractivity (Wildman–Crippen MR) is 108 cm³/mol. The van der Waals surface area contributed by atoms with E-state index in [1.807, 2.05) is 0 Å². The van der Waals surface area contributed by atoms with Crippen molar-refractivity contribution in [3.63, 3.8) is 0 Å². The molecule has 0 fully saturated rings. The highest BCUT2D eigenvalue weighted by Gasteiger charge is 2.12. The zero-order valence-electron chi connectivity index (χ0n) is 16.6. The van der Waals surface area contributed by atoms with Crippen LogP contribution in [0.25, 0.3) is 10.9 Å². The van der Waals surface area contributed by atoms with Crippen LogP contribution in [0.4, 0.5) is 0 Å². The number of hydrogen-bond donors (Lipinski definition) is 2. The molecule has 3 aromatic rings. The topological polar surface area (TPSA) is 98.9 Å². The number of hydrogen-bond acceptors (Lipinski definition) is 6. The van der Waals surface area contributed by atoms with Crippen LogP contribution in [0.5, 0.6) is 23.0 Å². The van der Waals surface area contributed by atoms with Gasteiger partial charge in [0, 0.05) is 35.2 Å². The van der Waals surface area contributed by atoms with E-state index in [0.717, 1.165) is 5.39 Å². The number of amides is 1. The van der Waals surface area contributed by atoms with E-state index in [0.29, 0.717) is 39.6 Å². The smallest absolute Gasteiger partial charge is 0.253 e. The fraction of sp³-hybridized carbons (Fsp3) is 0.238. The van der Waals surface area contributed by atoms with Gasteiger partial charge in [0.25, 0.3) is 11.5 Å². The number of benzene rings is 2. The van der Waals surface area contributed by atoms with Crippen molar-refractivity contribution in [2.45, 2.75) is 6.54 Å². The molecule has 1 aromatic heterocycles. The Balaban J connectivity index is 1.86. The van der Waals surface area contributed by atoms with Gasteiger partial charge in [-0.05, 0) is 24.3 Å². The van der Waals surface area contributed by atoms with Gasteiger partial charge in [-0.1, -0.05) is 0 Å². The number of H-pyrrole nitrogens is 1. The second kappa shape index (κ2) is 8.55. The van der Waals surface area contributed by atoms with Crippen molar-refractivity contribution in [1.29, 1.82) is 0 Å². The minimum Gasteiger partial charge on any atom is -0.497 e. The van der Waals surface area contributed by atoms with Crippen molar-refractivity contribution in [2.24, 2.45) is 0 Å². The number of ether oxygens (including phenoxy) is 4. The zero-order valence-corrected chi connectivity index (χ0v) is 16.6. The van der Waals surface area contributed by atoms with Gasteiger partial charge in [-0.25, -0.2) is 0 Å². The summed E-state index contributed by atoms with van der Waals surface area (Å²) in [6.45, 7) is 0.0535. The Morgan fingerprint density at radius 2 is 1.48 bits per heavy atom. The van der Waals surface area contributed by atoms with E-state index in [4.69, 9.17) is 18.9 Å². The minimum atomic E-state index is -0.353. The highest BCUT2D eigenvalue weighted by atomic mass is 16.5. The van der Waals surface area contributed by atoms with Crippen molar-refractivity contribution in [3.05, 3.63) is 57.9 Å². The number of fused-ring (bicyclic) bond motifs is 1. The van der Waals surface area contributed by atoms with Gasteiger partial charge < -0.3 is 29.2 Å². The summed E-state index contributed by atoms with van der Waals surface area (Å²) in [5, 5.41) is 3.51. The van der Waals surface area contributed by atoms with Crippen LogP contribution in [0.1, 0.15) is 15.9 Å². The molecule has 0 atom stereocenters. The molecule has 0 spiro atoms. The third kappa shape index (κ3) is 4.26. The average Bonchev–Trinajstić information content (AvgIpc) is 2.75. The minimum absolute atomic E-state index is 0.0535. The SMILES string of the molecule is COc1cc(OC)cc(C(=O)NCc2cc3cc(OC)c(OC)cc3[nH]c2=O)c1. The first-order valence-electron chi connectivity index (χ1n) is 8.78. The number of pyridine rings is 1. The predicted octanol–water partition coefficient (Wildman–Crippen LogP) is 2.49. The molecule has 0 aliphatic carbocycles. The quantitative estimate of drug-likeness (QED) is 0.634. The van der Waals surface area contributed by atoms with Gasteiger partial charge in [-0.2, -0.15) is 0 Å². The molecule has 0 saturated carbocycles. The van der Waals surface area contributed by atoms with Crippen LogP contribution in [-0.2, 0) is 6.54 Å². The highest BCUT2D eigenvalue weighted by Crippen LogP contribution is 2.31. The van der Waals surface area contributed by atoms with E-state index in [2.05, 4.69) is 10.3 Å². The second-order valence-corrected chi connectivity index (χ2v) is 6.20. The summed E-state index contributed by atoms with van der Waals surface area (Å²) in [5.41, 5.74) is 1.09. The molecule has 8 heteroatoms. The highest BCUT2D eigenvalue weighted by molar-refractivity contribution is 5.95.